The van der Waals surface area contributed by atoms with Crippen molar-refractivity contribution in [3.63, 3.8) is 0 Å². The second-order valence-electron chi connectivity index (χ2n) is 2.55. The largest absolute Gasteiger partial charge is 0.469 e. The van der Waals surface area contributed by atoms with E-state index in [1.165, 1.54) is 7.11 Å². The highest BCUT2D eigenvalue weighted by Gasteiger charge is 2.14. The lowest BCUT2D eigenvalue weighted by molar-refractivity contribution is -0.140. The topological polar surface area (TPSA) is 83.8 Å². The van der Waals surface area contributed by atoms with Crippen molar-refractivity contribution in [1.82, 2.24) is 0 Å². The summed E-state index contributed by atoms with van der Waals surface area (Å²) in [6.07, 6.45) is 1.00. The van der Waals surface area contributed by atoms with E-state index in [1.54, 1.807) is 0 Å². The summed E-state index contributed by atoms with van der Waals surface area (Å²) in [5, 5.41) is 7.99. The first-order valence-corrected chi connectivity index (χ1v) is 5.06. The van der Waals surface area contributed by atoms with Crippen LogP contribution < -0.4 is 0 Å². The molecule has 0 aliphatic rings. The fourth-order valence-electron chi connectivity index (χ4n) is 0.832. The van der Waals surface area contributed by atoms with Gasteiger partial charge in [-0.15, -0.1) is 0 Å². The van der Waals surface area contributed by atoms with Gasteiger partial charge in [0.05, 0.1) is 19.0 Å². The summed E-state index contributed by atoms with van der Waals surface area (Å²) < 4.78 is 23.5. The van der Waals surface area contributed by atoms with Crippen LogP contribution in [0.1, 0.15) is 19.3 Å². The molecule has 0 bridgehead atoms. The van der Waals surface area contributed by atoms with Gasteiger partial charge in [-0.25, -0.2) is 4.21 Å². The quantitative estimate of drug-likeness (QED) is 0.473. The van der Waals surface area contributed by atoms with Crippen molar-refractivity contribution < 1.29 is 23.4 Å². The van der Waals surface area contributed by atoms with Crippen LogP contribution in [0.3, 0.4) is 0 Å². The van der Waals surface area contributed by atoms with E-state index < -0.39 is 16.3 Å². The van der Waals surface area contributed by atoms with Gasteiger partial charge in [-0.3, -0.25) is 4.79 Å². The third-order valence-corrected chi connectivity index (χ3v) is 2.58. The van der Waals surface area contributed by atoms with Gasteiger partial charge in [0.25, 0.3) is 0 Å². The Morgan fingerprint density at radius 3 is 2.62 bits per heavy atom. The van der Waals surface area contributed by atoms with Crippen LogP contribution in [0.25, 0.3) is 0 Å². The minimum Gasteiger partial charge on any atom is -0.469 e. The van der Waals surface area contributed by atoms with Crippen molar-refractivity contribution in [2.75, 3.05) is 13.7 Å². The van der Waals surface area contributed by atoms with Crippen LogP contribution in [0.2, 0.25) is 0 Å². The van der Waals surface area contributed by atoms with Gasteiger partial charge in [0.2, 0.25) is 0 Å². The minimum atomic E-state index is -2.02. The Morgan fingerprint density at radius 1 is 1.62 bits per heavy atom. The van der Waals surface area contributed by atoms with E-state index in [4.69, 9.17) is 9.66 Å². The number of esters is 1. The van der Waals surface area contributed by atoms with Crippen molar-refractivity contribution in [3.8, 4) is 0 Å². The Balaban J connectivity index is 3.61. The van der Waals surface area contributed by atoms with Crippen LogP contribution in [0.15, 0.2) is 0 Å². The number of carbonyl (C=O) groups excluding carboxylic acids is 1. The van der Waals surface area contributed by atoms with E-state index in [0.717, 1.165) is 0 Å². The Hall–Kier alpha value is -0.460. The van der Waals surface area contributed by atoms with Crippen LogP contribution in [-0.4, -0.2) is 38.8 Å². The highest BCUT2D eigenvalue weighted by Crippen LogP contribution is 2.06. The van der Waals surface area contributed by atoms with Crippen molar-refractivity contribution in [1.29, 1.82) is 0 Å². The van der Waals surface area contributed by atoms with Crippen LogP contribution in [0, 0.1) is 0 Å². The third kappa shape index (κ3) is 5.73. The van der Waals surface area contributed by atoms with E-state index in [0.29, 0.717) is 12.8 Å². The van der Waals surface area contributed by atoms with Crippen LogP contribution in [-0.2, 0) is 20.6 Å². The van der Waals surface area contributed by atoms with E-state index in [2.05, 4.69) is 4.74 Å². The molecule has 0 rings (SSSR count). The molecule has 0 fully saturated rings. The number of aliphatic hydroxyl groups excluding tert-OH is 1. The maximum Gasteiger partial charge on any atom is 0.305 e. The standard InChI is InChI=1S/C7H14O5S/c1-12-7(9)4-2-3-6(5-8)13(10)11/h6,8H,2-5H2,1H3,(H,10,11). The highest BCUT2D eigenvalue weighted by molar-refractivity contribution is 7.79. The molecule has 0 heterocycles. The van der Waals surface area contributed by atoms with E-state index in [1.807, 2.05) is 0 Å². The lowest BCUT2D eigenvalue weighted by Crippen LogP contribution is -2.19. The molecular weight excluding hydrogens is 196 g/mol. The van der Waals surface area contributed by atoms with Gasteiger partial charge in [0, 0.05) is 6.42 Å². The summed E-state index contributed by atoms with van der Waals surface area (Å²) in [6, 6.07) is 0. The fourth-order valence-corrected chi connectivity index (χ4v) is 1.33. The summed E-state index contributed by atoms with van der Waals surface area (Å²) >= 11 is -2.02. The Labute approximate surface area is 79.4 Å². The molecule has 0 saturated heterocycles. The number of methoxy groups -OCH3 is 1. The second-order valence-corrected chi connectivity index (χ2v) is 3.77. The zero-order valence-electron chi connectivity index (χ0n) is 7.43. The molecule has 0 amide bonds. The van der Waals surface area contributed by atoms with Crippen molar-refractivity contribution in [3.05, 3.63) is 0 Å². The van der Waals surface area contributed by atoms with E-state index in [9.17, 15) is 9.00 Å². The van der Waals surface area contributed by atoms with Crippen LogP contribution in [0.4, 0.5) is 0 Å². The molecule has 13 heavy (non-hydrogen) atoms. The smallest absolute Gasteiger partial charge is 0.305 e. The van der Waals surface area contributed by atoms with Crippen LogP contribution >= 0.6 is 0 Å². The maximum absolute atomic E-state index is 10.6. The van der Waals surface area contributed by atoms with Crippen LogP contribution in [0.5, 0.6) is 0 Å². The number of rotatable bonds is 6. The summed E-state index contributed by atoms with van der Waals surface area (Å²) in [7, 11) is 1.29. The highest BCUT2D eigenvalue weighted by atomic mass is 32.2. The average Bonchev–Trinajstić information content (AvgIpc) is 2.11. The molecule has 0 aliphatic carbocycles. The van der Waals surface area contributed by atoms with Gasteiger partial charge in [-0.1, -0.05) is 0 Å². The van der Waals surface area contributed by atoms with E-state index >= 15 is 0 Å². The Kier molecular flexibility index (Phi) is 6.75. The predicted octanol–water partition coefficient (Wildman–Crippen LogP) is -0.0877. The Morgan fingerprint density at radius 2 is 2.23 bits per heavy atom. The van der Waals surface area contributed by atoms with Gasteiger partial charge in [0.1, 0.15) is 0 Å². The maximum atomic E-state index is 10.6. The van der Waals surface area contributed by atoms with Crippen molar-refractivity contribution in [2.24, 2.45) is 0 Å². The fraction of sp³-hybridized carbons (Fsp3) is 0.857. The average molecular weight is 210 g/mol. The second kappa shape index (κ2) is 6.99. The van der Waals surface area contributed by atoms with Gasteiger partial charge < -0.3 is 14.4 Å². The third-order valence-electron chi connectivity index (χ3n) is 1.62. The number of carbonyl (C=O) groups is 1. The van der Waals surface area contributed by atoms with Crippen molar-refractivity contribution in [2.45, 2.75) is 24.5 Å². The normalized spacial score (nSPS) is 15.0. The first-order valence-electron chi connectivity index (χ1n) is 3.89. The number of hydrogen-bond donors (Lipinski definition) is 2. The predicted molar refractivity (Wildman–Crippen MR) is 47.5 cm³/mol. The van der Waals surface area contributed by atoms with Gasteiger partial charge in [0.15, 0.2) is 11.1 Å². The molecule has 2 atom stereocenters. The molecule has 2 N–H and O–H groups in total. The molecule has 0 aromatic carbocycles. The van der Waals surface area contributed by atoms with Gasteiger partial charge in [-0.05, 0) is 12.8 Å². The zero-order chi connectivity index (χ0) is 10.3. The molecule has 78 valence electrons. The molecule has 0 radical (unpaired) electrons. The number of aliphatic hydroxyl groups is 1. The summed E-state index contributed by atoms with van der Waals surface area (Å²) in [6.45, 7) is -0.343. The zero-order valence-corrected chi connectivity index (χ0v) is 8.25. The molecular formula is C7H14O5S. The lowest BCUT2D eigenvalue weighted by Gasteiger charge is -2.08. The summed E-state index contributed by atoms with van der Waals surface area (Å²) in [5.41, 5.74) is 0. The molecule has 5 nitrogen and oxygen atoms in total. The lowest BCUT2D eigenvalue weighted by atomic mass is 10.2. The SMILES string of the molecule is COC(=O)CCCC(CO)S(=O)O. The van der Waals surface area contributed by atoms with Gasteiger partial charge >= 0.3 is 5.97 Å². The molecule has 0 aromatic heterocycles. The minimum absolute atomic E-state index is 0.212. The molecule has 0 saturated carbocycles. The van der Waals surface area contributed by atoms with Crippen molar-refractivity contribution >= 4 is 17.0 Å². The molecule has 2 unspecified atom stereocenters. The number of ether oxygens (including phenoxy) is 1. The monoisotopic (exact) mass is 210 g/mol. The molecule has 0 aromatic rings. The first kappa shape index (κ1) is 12.5. The molecule has 6 heteroatoms. The Bertz CT molecular complexity index is 182. The molecule has 0 spiro atoms. The summed E-state index contributed by atoms with van der Waals surface area (Å²) in [4.78, 5) is 10.6. The number of hydrogen-bond acceptors (Lipinski definition) is 4. The first-order chi connectivity index (χ1) is 6.11. The van der Waals surface area contributed by atoms with E-state index in [-0.39, 0.29) is 19.0 Å². The molecule has 0 aliphatic heterocycles. The van der Waals surface area contributed by atoms with Gasteiger partial charge in [-0.2, -0.15) is 0 Å². The summed E-state index contributed by atoms with van der Waals surface area (Å²) in [5.74, 6) is -0.347.